The average molecular weight is 1940 g/mol. The van der Waals surface area contributed by atoms with Crippen molar-refractivity contribution in [3.05, 3.63) is 234 Å². The molecular weight excluding hydrogens is 1820 g/mol. The van der Waals surface area contributed by atoms with Crippen molar-refractivity contribution >= 4 is 111 Å². The van der Waals surface area contributed by atoms with Crippen molar-refractivity contribution in [1.82, 2.24) is 81.0 Å². The number of likely N-dealkylation sites (tertiary alicyclic amines) is 4. The normalized spacial score (nSPS) is 19.4. The first kappa shape index (κ1) is 98.3. The van der Waals surface area contributed by atoms with Crippen molar-refractivity contribution < 1.29 is 62.1 Å². The summed E-state index contributed by atoms with van der Waals surface area (Å²) in [5.74, 6) is -7.71. The van der Waals surface area contributed by atoms with Crippen molar-refractivity contribution in [3.63, 3.8) is 0 Å². The minimum absolute atomic E-state index is 0.00527. The zero-order valence-corrected chi connectivity index (χ0v) is 82.5. The van der Waals surface area contributed by atoms with E-state index in [1.807, 2.05) is 204 Å². The third-order valence-corrected chi connectivity index (χ3v) is 30.3. The number of carbonyl (C=O) groups excluding carboxylic acids is 8. The van der Waals surface area contributed by atoms with Gasteiger partial charge in [0.1, 0.15) is 59.2 Å². The van der Waals surface area contributed by atoms with Gasteiger partial charge in [0.25, 0.3) is 0 Å². The zero-order valence-electron chi connectivity index (χ0n) is 78.4. The van der Waals surface area contributed by atoms with E-state index in [0.717, 1.165) is 92.4 Å². The van der Waals surface area contributed by atoms with Gasteiger partial charge >= 0.3 is 5.95 Å². The third-order valence-electron chi connectivity index (χ3n) is 25.5. The van der Waals surface area contributed by atoms with Crippen LogP contribution in [0.1, 0.15) is 173 Å². The topological polar surface area (TPSA) is 374 Å². The Morgan fingerprint density at radius 1 is 0.485 bits per heavy atom. The molecule has 35 heteroatoms. The molecule has 712 valence electrons. The lowest BCUT2D eigenvalue weighted by molar-refractivity contribution is -0.141. The van der Waals surface area contributed by atoms with Crippen LogP contribution in [0.3, 0.4) is 0 Å². The molecule has 4 aromatic carbocycles. The van der Waals surface area contributed by atoms with Crippen LogP contribution in [0.4, 0.5) is 0 Å². The molecule has 4 aliphatic rings. The molecule has 15 rings (SSSR count). The lowest BCUT2D eigenvalue weighted by atomic mass is 9.87. The van der Waals surface area contributed by atoms with Gasteiger partial charge in [0, 0.05) is 82.6 Å². The number of hydrogen-bond acceptors (Lipinski definition) is 27. The average Bonchev–Trinajstić information content (AvgIpc) is 1.56. The van der Waals surface area contributed by atoms with Crippen molar-refractivity contribution in [2.45, 2.75) is 215 Å². The van der Waals surface area contributed by atoms with Crippen molar-refractivity contribution in [2.24, 2.45) is 34.6 Å². The van der Waals surface area contributed by atoms with Crippen molar-refractivity contribution in [2.75, 3.05) is 26.2 Å². The van der Waals surface area contributed by atoms with E-state index in [-0.39, 0.29) is 143 Å². The Bertz CT molecular complexity index is 6140. The summed E-state index contributed by atoms with van der Waals surface area (Å²) in [5, 5.41) is 34.6. The SMILES string of the molecule is C=N/C=C\C=C(/C)[C@H](C(=O)N1C[C@H](OCc2nc([C@H](C(=O)N3C[C@H](Oc4cnc([C@H](C(=O)N5C[C@H](Oc6cnnc([C@H](C(=O)N7C[C@H](O)C[C@H]7C(=O)NCc7ccc(-c8scnc8C)cc7)C(C)C)c6)C[C@H]5C(=O)NCc5ccc(-c6scnc6C)cc5)C(C)C)o4)C[C@H]3C(=O)NCc3ccc(-c4scnc4C)cc3)C(C)C)cs2)C[C@H]1C(=O)NCc1ccc(-c2scnc2C)cc1)C(C)C. The van der Waals surface area contributed by atoms with Crippen LogP contribution < -0.4 is 30.7 Å². The maximum Gasteiger partial charge on any atom is 0.305 e. The fraction of sp³-hybridized carbons (Fsp3) is 0.416. The summed E-state index contributed by atoms with van der Waals surface area (Å²) < 4.78 is 26.6. The summed E-state index contributed by atoms with van der Waals surface area (Å²) in [6.45, 7) is 29.1. The predicted octanol–water partition coefficient (Wildman–Crippen LogP) is 15.1. The fourth-order valence-electron chi connectivity index (χ4n) is 18.5. The number of rotatable bonds is 37. The fourth-order valence-corrected chi connectivity index (χ4v) is 22.5. The maximum atomic E-state index is 15.8. The molecule has 0 unspecified atom stereocenters. The van der Waals surface area contributed by atoms with Gasteiger partial charge in [0.2, 0.25) is 53.1 Å². The number of aliphatic hydroxyl groups is 1. The Balaban J connectivity index is 0.645. The molecule has 0 saturated carbocycles. The molecule has 4 fully saturated rings. The number of nitrogens with one attached hydrogen (secondary N) is 4. The Labute approximate surface area is 811 Å². The molecule has 5 N–H and O–H groups in total. The van der Waals surface area contributed by atoms with Gasteiger partial charge in [-0.25, -0.2) is 29.9 Å². The Morgan fingerprint density at radius 2 is 0.875 bits per heavy atom. The smallest absolute Gasteiger partial charge is 0.305 e. The second-order valence-electron chi connectivity index (χ2n) is 36.6. The largest absolute Gasteiger partial charge is 0.487 e. The second-order valence-corrected chi connectivity index (χ2v) is 40.9. The van der Waals surface area contributed by atoms with Gasteiger partial charge in [-0.2, -0.15) is 10.2 Å². The summed E-state index contributed by atoms with van der Waals surface area (Å²) in [7, 11) is 0. The molecule has 7 aromatic heterocycles. The van der Waals surface area contributed by atoms with Crippen LogP contribution in [0.25, 0.3) is 41.8 Å². The Morgan fingerprint density at radius 3 is 1.29 bits per heavy atom. The van der Waals surface area contributed by atoms with Gasteiger partial charge in [-0.3, -0.25) is 43.3 Å². The number of thiazole rings is 5. The standard InChI is InChI=1S/C101H115N17O13S5/c1-55(2)85(59(9)16-15-33-102-14)98(124)116-46-74(36-80(116)94(121)104-40-65-19-27-69(28-20-65)90-61(11)109-52-134-90)128-49-83-113-78(50-132-83)87(57(5)6)100(126)117-48-76(38-82(117)96(123)106-42-67-23-31-71(32-24-67)92-63(13)111-54-136-92)130-84-44-107-97(131-84)88(58(7)8)101(127)118-47-75(37-81(118)95(122)105-41-66-21-29-70(30-22-66)91-62(12)110-53-135-91)129-73-35-77(114-112-43-73)86(56(3)4)99(125)115-45-72(119)34-79(115)93(120)103-39-64-17-25-68(26-18-64)89-60(10)108-51-133-89/h15-33,35,43-44,50-58,72,74-76,79-82,85-88,119H,14,34,36-42,45-49H2,1-13H3,(H,103,120)(H,104,121)(H,105,122)(H,106,123)/b33-15-,59-16+/t72-,74-,75-,76-,79+,80+,81+,82+,85-,86-,87-,88-/m1/s1. The van der Waals surface area contributed by atoms with Crippen molar-refractivity contribution in [3.8, 4) is 53.5 Å². The minimum Gasteiger partial charge on any atom is -0.487 e. The number of ether oxygens (including phenoxy) is 3. The zero-order chi connectivity index (χ0) is 96.3. The Hall–Kier alpha value is -12.3. The molecule has 11 aromatic rings. The van der Waals surface area contributed by atoms with E-state index in [9.17, 15) is 29.1 Å². The molecule has 136 heavy (non-hydrogen) atoms. The number of hydrogen-bond donors (Lipinski definition) is 5. The first-order valence-corrected chi connectivity index (χ1v) is 50.3. The number of aromatic nitrogens is 8. The summed E-state index contributed by atoms with van der Waals surface area (Å²) in [4.78, 5) is 161. The molecule has 0 spiro atoms. The number of amides is 8. The van der Waals surface area contributed by atoms with Gasteiger partial charge < -0.3 is 64.6 Å². The van der Waals surface area contributed by atoms with Gasteiger partial charge in [0.15, 0.2) is 0 Å². The molecule has 8 amide bonds. The summed E-state index contributed by atoms with van der Waals surface area (Å²) in [5.41, 5.74) is 19.8. The minimum atomic E-state index is -1.09. The van der Waals surface area contributed by atoms with Crippen LogP contribution in [0.5, 0.6) is 11.7 Å². The second kappa shape index (κ2) is 44.3. The molecule has 0 aliphatic carbocycles. The molecule has 11 heterocycles. The predicted molar refractivity (Wildman–Crippen MR) is 525 cm³/mol. The number of benzene rings is 4. The van der Waals surface area contributed by atoms with E-state index in [2.05, 4.69) is 63.1 Å². The van der Waals surface area contributed by atoms with Crippen LogP contribution >= 0.6 is 56.7 Å². The van der Waals surface area contributed by atoms with E-state index >= 15 is 14.4 Å². The van der Waals surface area contributed by atoms with Gasteiger partial charge in [0.05, 0.1) is 132 Å². The summed E-state index contributed by atoms with van der Waals surface area (Å²) in [6, 6.07) is 29.2. The summed E-state index contributed by atoms with van der Waals surface area (Å²) >= 11 is 7.52. The molecule has 4 saturated heterocycles. The summed E-state index contributed by atoms with van der Waals surface area (Å²) in [6.07, 6.45) is 5.03. The van der Waals surface area contributed by atoms with Crippen molar-refractivity contribution in [1.29, 1.82) is 0 Å². The first-order chi connectivity index (χ1) is 65.4. The van der Waals surface area contributed by atoms with E-state index in [0.29, 0.717) is 10.7 Å². The van der Waals surface area contributed by atoms with E-state index < -0.39 is 108 Å². The number of carbonyl (C=O) groups is 8. The van der Waals surface area contributed by atoms with Crippen LogP contribution in [-0.2, 0) is 75.9 Å². The van der Waals surface area contributed by atoms with Gasteiger partial charge in [-0.15, -0.1) is 56.7 Å². The third kappa shape index (κ3) is 23.0. The van der Waals surface area contributed by atoms with Crippen LogP contribution in [0, 0.1) is 57.3 Å². The van der Waals surface area contributed by atoms with E-state index in [4.69, 9.17) is 28.6 Å². The number of aliphatic imine (C=N–C) groups is 1. The highest BCUT2D eigenvalue weighted by molar-refractivity contribution is 7.14. The molecule has 12 atom stereocenters. The Kier molecular flexibility index (Phi) is 32.0. The highest BCUT2D eigenvalue weighted by Crippen LogP contribution is 2.41. The number of β-amino-alcohol motifs (C(OH)–C–C–N with tert-alkyl or cyclic N) is 1. The number of aryl methyl sites for hydroxylation is 4. The number of aliphatic hydroxyl groups excluding tert-OH is 1. The highest BCUT2D eigenvalue weighted by atomic mass is 32.1. The lowest BCUT2D eigenvalue weighted by Gasteiger charge is -2.30. The van der Waals surface area contributed by atoms with E-state index in [1.165, 1.54) is 44.9 Å². The maximum absolute atomic E-state index is 15.8. The monoisotopic (exact) mass is 1930 g/mol. The van der Waals surface area contributed by atoms with E-state index in [1.54, 1.807) is 78.7 Å². The lowest BCUT2D eigenvalue weighted by Crippen LogP contribution is -2.48. The number of nitrogens with zero attached hydrogens (tertiary/aromatic N) is 13. The number of oxazole rings is 1. The number of allylic oxidation sites excluding steroid dienone is 2. The van der Waals surface area contributed by atoms with Gasteiger partial charge in [-0.1, -0.05) is 164 Å². The quantitative estimate of drug-likeness (QED) is 0.0178. The molecule has 0 radical (unpaired) electrons. The molecule has 4 aliphatic heterocycles. The van der Waals surface area contributed by atoms with Crippen LogP contribution in [0.2, 0.25) is 0 Å². The molecular formula is C101H115N17O13S5. The highest BCUT2D eigenvalue weighted by Gasteiger charge is 2.50. The molecule has 0 bridgehead atoms. The first-order valence-electron chi connectivity index (χ1n) is 45.9. The molecule has 30 nitrogen and oxygen atoms in total. The van der Waals surface area contributed by atoms with Gasteiger partial charge in [-0.05, 0) is 116 Å². The van der Waals surface area contributed by atoms with Crippen LogP contribution in [0.15, 0.2) is 176 Å². The van der Waals surface area contributed by atoms with Crippen LogP contribution in [-0.4, -0.2) is 194 Å².